The third-order valence-electron chi connectivity index (χ3n) is 4.21. The van der Waals surface area contributed by atoms with E-state index in [2.05, 4.69) is 61.3 Å². The van der Waals surface area contributed by atoms with Gasteiger partial charge in [-0.25, -0.2) is 4.98 Å². The van der Waals surface area contributed by atoms with Crippen molar-refractivity contribution in [3.05, 3.63) is 75.6 Å². The second-order valence-corrected chi connectivity index (χ2v) is 6.71. The summed E-state index contributed by atoms with van der Waals surface area (Å²) in [5.41, 5.74) is 6.24. The number of nitrogens with zero attached hydrogens (tertiary/aromatic N) is 2. The fourth-order valence-electron chi connectivity index (χ4n) is 2.60. The fourth-order valence-corrected chi connectivity index (χ4v) is 3.39. The van der Waals surface area contributed by atoms with E-state index in [1.165, 1.54) is 22.5 Å². The van der Waals surface area contributed by atoms with Gasteiger partial charge in [-0.2, -0.15) is 5.26 Å². The quantitative estimate of drug-likeness (QED) is 0.532. The normalized spacial score (nSPS) is 11.3. The minimum atomic E-state index is 0.602. The largest absolute Gasteiger partial charge is 0.235 e. The number of thiazole rings is 1. The van der Waals surface area contributed by atoms with Crippen LogP contribution in [0.5, 0.6) is 0 Å². The van der Waals surface area contributed by atoms with Crippen LogP contribution in [0.25, 0.3) is 22.9 Å². The van der Waals surface area contributed by atoms with Gasteiger partial charge >= 0.3 is 0 Å². The standard InChI is InChI=1S/C22H20N2S/c1-3-16-5-7-18(8-6-16)13-20(14-23)22-24-21(15-25-22)19-11-9-17(4-2)10-12-19/h5-13,15H,3-4H2,1-2H3/b20-13+. The molecule has 0 aliphatic carbocycles. The molecule has 1 heterocycles. The number of benzene rings is 2. The maximum atomic E-state index is 9.54. The Morgan fingerprint density at radius 2 is 1.60 bits per heavy atom. The van der Waals surface area contributed by atoms with Gasteiger partial charge in [-0.3, -0.25) is 0 Å². The smallest absolute Gasteiger partial charge is 0.134 e. The highest BCUT2D eigenvalue weighted by Crippen LogP contribution is 2.27. The first-order chi connectivity index (χ1) is 12.2. The topological polar surface area (TPSA) is 36.7 Å². The molecule has 0 saturated heterocycles. The Morgan fingerprint density at radius 3 is 2.16 bits per heavy atom. The van der Waals surface area contributed by atoms with Crippen LogP contribution < -0.4 is 0 Å². The monoisotopic (exact) mass is 344 g/mol. The van der Waals surface area contributed by atoms with Gasteiger partial charge in [-0.15, -0.1) is 11.3 Å². The van der Waals surface area contributed by atoms with E-state index < -0.39 is 0 Å². The molecule has 0 aliphatic rings. The lowest BCUT2D eigenvalue weighted by atomic mass is 10.1. The van der Waals surface area contributed by atoms with Gasteiger partial charge in [0, 0.05) is 10.9 Å². The van der Waals surface area contributed by atoms with Crippen LogP contribution in [-0.4, -0.2) is 4.98 Å². The molecular formula is C22H20N2S. The molecule has 0 saturated carbocycles. The van der Waals surface area contributed by atoms with Crippen molar-refractivity contribution in [3.8, 4) is 17.3 Å². The van der Waals surface area contributed by atoms with E-state index in [0.717, 1.165) is 34.7 Å². The lowest BCUT2D eigenvalue weighted by Crippen LogP contribution is -1.85. The third-order valence-corrected chi connectivity index (χ3v) is 5.09. The number of rotatable bonds is 5. The predicted octanol–water partition coefficient (Wildman–Crippen LogP) is 6.00. The molecule has 25 heavy (non-hydrogen) atoms. The predicted molar refractivity (Wildman–Crippen MR) is 106 cm³/mol. The van der Waals surface area contributed by atoms with Crippen LogP contribution in [0, 0.1) is 11.3 Å². The summed E-state index contributed by atoms with van der Waals surface area (Å²) in [6.07, 6.45) is 3.95. The van der Waals surface area contributed by atoms with E-state index in [-0.39, 0.29) is 0 Å². The van der Waals surface area contributed by atoms with Crippen molar-refractivity contribution < 1.29 is 0 Å². The number of hydrogen-bond donors (Lipinski definition) is 0. The Hall–Kier alpha value is -2.70. The number of hydrogen-bond acceptors (Lipinski definition) is 3. The van der Waals surface area contributed by atoms with Crippen molar-refractivity contribution in [2.75, 3.05) is 0 Å². The first kappa shape index (κ1) is 17.1. The van der Waals surface area contributed by atoms with Gasteiger partial charge in [0.15, 0.2) is 0 Å². The van der Waals surface area contributed by atoms with E-state index >= 15 is 0 Å². The number of allylic oxidation sites excluding steroid dienone is 1. The molecule has 0 bridgehead atoms. The second kappa shape index (κ2) is 7.92. The van der Waals surface area contributed by atoms with E-state index in [0.29, 0.717) is 5.57 Å². The molecule has 2 nitrogen and oxygen atoms in total. The van der Waals surface area contributed by atoms with Crippen LogP contribution >= 0.6 is 11.3 Å². The summed E-state index contributed by atoms with van der Waals surface area (Å²) >= 11 is 1.51. The van der Waals surface area contributed by atoms with Crippen molar-refractivity contribution in [1.29, 1.82) is 5.26 Å². The molecule has 124 valence electrons. The SMILES string of the molecule is CCc1ccc(/C=C(\C#N)c2nc(-c3ccc(CC)cc3)cs2)cc1. The summed E-state index contributed by atoms with van der Waals surface area (Å²) in [5, 5.41) is 12.3. The number of aryl methyl sites for hydroxylation is 2. The summed E-state index contributed by atoms with van der Waals surface area (Å²) in [5.74, 6) is 0. The van der Waals surface area contributed by atoms with Crippen LogP contribution in [0.3, 0.4) is 0 Å². The van der Waals surface area contributed by atoms with Crippen molar-refractivity contribution in [2.45, 2.75) is 26.7 Å². The second-order valence-electron chi connectivity index (χ2n) is 5.85. The summed E-state index contributed by atoms with van der Waals surface area (Å²) in [6, 6.07) is 19.0. The molecule has 0 atom stereocenters. The van der Waals surface area contributed by atoms with Crippen LogP contribution in [0.4, 0.5) is 0 Å². The average molecular weight is 344 g/mol. The van der Waals surface area contributed by atoms with E-state index in [1.54, 1.807) is 0 Å². The van der Waals surface area contributed by atoms with Crippen LogP contribution in [-0.2, 0) is 12.8 Å². The third kappa shape index (κ3) is 4.04. The van der Waals surface area contributed by atoms with Crippen molar-refractivity contribution >= 4 is 23.0 Å². The molecule has 0 radical (unpaired) electrons. The molecule has 0 spiro atoms. The molecule has 3 rings (SSSR count). The van der Waals surface area contributed by atoms with Gasteiger partial charge in [0.05, 0.1) is 11.3 Å². The Balaban J connectivity index is 1.87. The Labute approximate surface area is 153 Å². The molecule has 3 aromatic rings. The van der Waals surface area contributed by atoms with Gasteiger partial charge in [-0.1, -0.05) is 62.4 Å². The molecule has 0 N–H and O–H groups in total. The first-order valence-corrected chi connectivity index (χ1v) is 9.37. The van der Waals surface area contributed by atoms with Gasteiger partial charge in [-0.05, 0) is 35.6 Å². The summed E-state index contributed by atoms with van der Waals surface area (Å²) < 4.78 is 0. The molecule has 0 unspecified atom stereocenters. The Bertz CT molecular complexity index is 910. The highest BCUT2D eigenvalue weighted by molar-refractivity contribution is 7.11. The van der Waals surface area contributed by atoms with Gasteiger partial charge in [0.2, 0.25) is 0 Å². The Morgan fingerprint density at radius 1 is 1.00 bits per heavy atom. The highest BCUT2D eigenvalue weighted by Gasteiger charge is 2.09. The average Bonchev–Trinajstić information content (AvgIpc) is 3.16. The zero-order chi connectivity index (χ0) is 17.6. The first-order valence-electron chi connectivity index (χ1n) is 8.49. The molecule has 1 aromatic heterocycles. The molecule has 0 aliphatic heterocycles. The zero-order valence-electron chi connectivity index (χ0n) is 14.5. The molecular weight excluding hydrogens is 324 g/mol. The minimum Gasteiger partial charge on any atom is -0.235 e. The summed E-state index contributed by atoms with van der Waals surface area (Å²) in [4.78, 5) is 4.66. The zero-order valence-corrected chi connectivity index (χ0v) is 15.3. The lowest BCUT2D eigenvalue weighted by Gasteiger charge is -2.00. The molecule has 0 amide bonds. The lowest BCUT2D eigenvalue weighted by molar-refractivity contribution is 1.14. The van der Waals surface area contributed by atoms with Gasteiger partial charge in [0.25, 0.3) is 0 Å². The Kier molecular flexibility index (Phi) is 5.42. The van der Waals surface area contributed by atoms with Crippen molar-refractivity contribution in [3.63, 3.8) is 0 Å². The molecule has 3 heteroatoms. The van der Waals surface area contributed by atoms with E-state index in [1.807, 2.05) is 23.6 Å². The van der Waals surface area contributed by atoms with Gasteiger partial charge < -0.3 is 0 Å². The van der Waals surface area contributed by atoms with Crippen LogP contribution in [0.1, 0.15) is 35.5 Å². The maximum absolute atomic E-state index is 9.54. The number of nitriles is 1. The van der Waals surface area contributed by atoms with Crippen molar-refractivity contribution in [1.82, 2.24) is 4.98 Å². The highest BCUT2D eigenvalue weighted by atomic mass is 32.1. The van der Waals surface area contributed by atoms with E-state index in [9.17, 15) is 5.26 Å². The van der Waals surface area contributed by atoms with Crippen LogP contribution in [0.15, 0.2) is 53.9 Å². The minimum absolute atomic E-state index is 0.602. The maximum Gasteiger partial charge on any atom is 0.134 e. The van der Waals surface area contributed by atoms with Crippen molar-refractivity contribution in [2.24, 2.45) is 0 Å². The fraction of sp³-hybridized carbons (Fsp3) is 0.182. The van der Waals surface area contributed by atoms with E-state index in [4.69, 9.17) is 0 Å². The number of aromatic nitrogens is 1. The summed E-state index contributed by atoms with van der Waals surface area (Å²) in [7, 11) is 0. The van der Waals surface area contributed by atoms with Gasteiger partial charge in [0.1, 0.15) is 11.1 Å². The molecule has 2 aromatic carbocycles. The molecule has 0 fully saturated rings. The summed E-state index contributed by atoms with van der Waals surface area (Å²) in [6.45, 7) is 4.28. The van der Waals surface area contributed by atoms with Crippen LogP contribution in [0.2, 0.25) is 0 Å².